The first kappa shape index (κ1) is 49.4. The van der Waals surface area contributed by atoms with Crippen LogP contribution < -0.4 is 0 Å². The molecule has 5 heteroatoms. The van der Waals surface area contributed by atoms with E-state index in [1.807, 2.05) is 12.2 Å². The largest absolute Gasteiger partial charge is 0.461 e. The van der Waals surface area contributed by atoms with Crippen molar-refractivity contribution in [3.63, 3.8) is 0 Å². The summed E-state index contributed by atoms with van der Waals surface area (Å²) < 4.78 is 10.8. The van der Waals surface area contributed by atoms with Gasteiger partial charge in [-0.15, -0.1) is 0 Å². The van der Waals surface area contributed by atoms with Gasteiger partial charge in [-0.05, 0) is 71.5 Å². The van der Waals surface area contributed by atoms with Crippen LogP contribution in [0.25, 0.3) is 0 Å². The summed E-state index contributed by atoms with van der Waals surface area (Å²) in [6.45, 7) is 6.56. The highest BCUT2D eigenvalue weighted by Crippen LogP contribution is 2.24. The molecule has 0 heterocycles. The molecule has 0 aliphatic carbocycles. The van der Waals surface area contributed by atoms with E-state index in [0.29, 0.717) is 26.1 Å². The molecule has 0 saturated carbocycles. The minimum atomic E-state index is -0.0461. The van der Waals surface area contributed by atoms with Gasteiger partial charge < -0.3 is 14.4 Å². The lowest BCUT2D eigenvalue weighted by atomic mass is 9.89. The maximum atomic E-state index is 12.1. The van der Waals surface area contributed by atoms with E-state index in [1.165, 1.54) is 161 Å². The molecule has 0 radical (unpaired) electrons. The fourth-order valence-corrected chi connectivity index (χ4v) is 6.82. The molecule has 0 amide bonds. The molecule has 0 spiro atoms. The molecule has 5 nitrogen and oxygen atoms in total. The summed E-state index contributed by atoms with van der Waals surface area (Å²) in [5.41, 5.74) is 0. The number of allylic oxidation sites excluding steroid dienone is 2. The van der Waals surface area contributed by atoms with Gasteiger partial charge in [0.25, 0.3) is 0 Å². The molecule has 300 valence electrons. The van der Waals surface area contributed by atoms with E-state index >= 15 is 0 Å². The number of rotatable bonds is 40. The Kier molecular flexibility index (Phi) is 39.8. The molecule has 0 N–H and O–H groups in total. The summed E-state index contributed by atoms with van der Waals surface area (Å²) in [6, 6.07) is 0. The standard InChI is InChI=1S/C46H87NO4/c1-5-7-9-11-13-15-17-25-34-42-50-45(48)39-31-23-19-21-28-36-44(38-30-27-33-41-47(3)4)37-29-22-20-24-32-40-46(49)51-43-35-26-18-16-14-12-10-8-6-2/h25-26,34-35,44H,5-24,27-33,36-43H2,1-4H3/b34-25-,35-26-. The third-order valence-corrected chi connectivity index (χ3v) is 10.2. The number of carbonyl (C=O) groups is 2. The minimum Gasteiger partial charge on any atom is -0.461 e. The smallest absolute Gasteiger partial charge is 0.306 e. The van der Waals surface area contributed by atoms with Gasteiger partial charge in [0.2, 0.25) is 0 Å². The van der Waals surface area contributed by atoms with Gasteiger partial charge in [0.05, 0.1) is 0 Å². The van der Waals surface area contributed by atoms with Crippen molar-refractivity contribution in [1.82, 2.24) is 4.90 Å². The highest BCUT2D eigenvalue weighted by molar-refractivity contribution is 5.69. The Morgan fingerprint density at radius 3 is 1.22 bits per heavy atom. The summed E-state index contributed by atoms with van der Waals surface area (Å²) in [6.07, 6.45) is 47.3. The first-order valence-corrected chi connectivity index (χ1v) is 22.3. The Labute approximate surface area is 318 Å². The predicted octanol–water partition coefficient (Wildman–Crippen LogP) is 13.9. The molecule has 0 saturated heterocycles. The number of esters is 2. The van der Waals surface area contributed by atoms with Crippen molar-refractivity contribution in [3.8, 4) is 0 Å². The zero-order chi connectivity index (χ0) is 37.3. The van der Waals surface area contributed by atoms with Crippen LogP contribution in [0.2, 0.25) is 0 Å². The van der Waals surface area contributed by atoms with E-state index in [2.05, 4.69) is 45.0 Å². The summed E-state index contributed by atoms with van der Waals surface area (Å²) in [4.78, 5) is 26.4. The van der Waals surface area contributed by atoms with Crippen molar-refractivity contribution >= 4 is 11.9 Å². The first-order chi connectivity index (χ1) is 25.0. The van der Waals surface area contributed by atoms with Crippen molar-refractivity contribution in [2.45, 2.75) is 219 Å². The Morgan fingerprint density at radius 1 is 0.451 bits per heavy atom. The Morgan fingerprint density at radius 2 is 0.804 bits per heavy atom. The fraction of sp³-hybridized carbons (Fsp3) is 0.870. The fourth-order valence-electron chi connectivity index (χ4n) is 6.82. The van der Waals surface area contributed by atoms with Crippen LogP contribution in [0.4, 0.5) is 0 Å². The maximum Gasteiger partial charge on any atom is 0.306 e. The average molecular weight is 718 g/mol. The molecule has 0 aromatic heterocycles. The Bertz CT molecular complexity index is 736. The van der Waals surface area contributed by atoms with Gasteiger partial charge in [-0.1, -0.05) is 186 Å². The van der Waals surface area contributed by atoms with Crippen LogP contribution in [0.3, 0.4) is 0 Å². The quantitative estimate of drug-likeness (QED) is 0.0359. The second kappa shape index (κ2) is 41.1. The van der Waals surface area contributed by atoms with Gasteiger partial charge >= 0.3 is 11.9 Å². The molecule has 0 bridgehead atoms. The maximum absolute atomic E-state index is 12.1. The Balaban J connectivity index is 3.96. The second-order valence-corrected chi connectivity index (χ2v) is 15.6. The molecule has 0 fully saturated rings. The number of unbranched alkanes of at least 4 members (excludes halogenated alkanes) is 22. The molecule has 0 rings (SSSR count). The average Bonchev–Trinajstić information content (AvgIpc) is 3.11. The number of nitrogens with zero attached hydrogens (tertiary/aromatic N) is 1. The zero-order valence-electron chi connectivity index (χ0n) is 34.7. The number of carbonyl (C=O) groups excluding carboxylic acids is 2. The zero-order valence-corrected chi connectivity index (χ0v) is 34.7. The van der Waals surface area contributed by atoms with Gasteiger partial charge in [0, 0.05) is 12.8 Å². The molecule has 0 aromatic rings. The summed E-state index contributed by atoms with van der Waals surface area (Å²) in [7, 11) is 4.33. The van der Waals surface area contributed by atoms with Crippen molar-refractivity contribution in [1.29, 1.82) is 0 Å². The number of hydrogen-bond acceptors (Lipinski definition) is 5. The van der Waals surface area contributed by atoms with Crippen molar-refractivity contribution in [2.75, 3.05) is 33.9 Å². The molecule has 0 aromatic carbocycles. The lowest BCUT2D eigenvalue weighted by molar-refractivity contribution is -0.143. The van der Waals surface area contributed by atoms with E-state index in [4.69, 9.17) is 9.47 Å². The minimum absolute atomic E-state index is 0.0461. The van der Waals surface area contributed by atoms with Gasteiger partial charge in [-0.2, -0.15) is 0 Å². The highest BCUT2D eigenvalue weighted by atomic mass is 16.5. The van der Waals surface area contributed by atoms with E-state index in [9.17, 15) is 9.59 Å². The lowest BCUT2D eigenvalue weighted by Gasteiger charge is -2.17. The van der Waals surface area contributed by atoms with E-state index < -0.39 is 0 Å². The lowest BCUT2D eigenvalue weighted by Crippen LogP contribution is -2.12. The third-order valence-electron chi connectivity index (χ3n) is 10.2. The molecule has 0 unspecified atom stereocenters. The topological polar surface area (TPSA) is 55.8 Å². The molecule has 0 aliphatic heterocycles. The number of ether oxygens (including phenoxy) is 2. The first-order valence-electron chi connectivity index (χ1n) is 22.3. The SMILES string of the molecule is CCCCCCCC/C=C\COC(=O)CCCCCCCC(CCCCCCCC(=O)OC/C=C\CCCCCCCC)CCCCCN(C)C. The van der Waals surface area contributed by atoms with Crippen LogP contribution in [-0.2, 0) is 19.1 Å². The van der Waals surface area contributed by atoms with Gasteiger partial charge in [-0.25, -0.2) is 0 Å². The summed E-state index contributed by atoms with van der Waals surface area (Å²) >= 11 is 0. The summed E-state index contributed by atoms with van der Waals surface area (Å²) in [5, 5.41) is 0. The van der Waals surface area contributed by atoms with Crippen LogP contribution in [0.15, 0.2) is 24.3 Å². The van der Waals surface area contributed by atoms with Crippen LogP contribution >= 0.6 is 0 Å². The van der Waals surface area contributed by atoms with Crippen LogP contribution in [0.1, 0.15) is 219 Å². The monoisotopic (exact) mass is 718 g/mol. The van der Waals surface area contributed by atoms with Crippen molar-refractivity contribution in [2.24, 2.45) is 5.92 Å². The third kappa shape index (κ3) is 41.0. The van der Waals surface area contributed by atoms with Crippen molar-refractivity contribution in [3.05, 3.63) is 24.3 Å². The molecular formula is C46H87NO4. The van der Waals surface area contributed by atoms with Crippen molar-refractivity contribution < 1.29 is 19.1 Å². The van der Waals surface area contributed by atoms with Crippen LogP contribution in [0.5, 0.6) is 0 Å². The van der Waals surface area contributed by atoms with Gasteiger partial charge in [0.1, 0.15) is 13.2 Å². The number of hydrogen-bond donors (Lipinski definition) is 0. The molecule has 0 aliphatic rings. The van der Waals surface area contributed by atoms with Crippen LogP contribution in [-0.4, -0.2) is 50.7 Å². The van der Waals surface area contributed by atoms with Gasteiger partial charge in [0.15, 0.2) is 0 Å². The second-order valence-electron chi connectivity index (χ2n) is 15.6. The molecular weight excluding hydrogens is 631 g/mol. The van der Waals surface area contributed by atoms with E-state index in [-0.39, 0.29) is 11.9 Å². The molecule has 0 atom stereocenters. The summed E-state index contributed by atoms with van der Waals surface area (Å²) in [5.74, 6) is 0.753. The van der Waals surface area contributed by atoms with E-state index in [1.54, 1.807) is 0 Å². The predicted molar refractivity (Wildman–Crippen MR) is 221 cm³/mol. The highest BCUT2D eigenvalue weighted by Gasteiger charge is 2.10. The van der Waals surface area contributed by atoms with E-state index in [0.717, 1.165) is 44.4 Å². The molecule has 51 heavy (non-hydrogen) atoms. The van der Waals surface area contributed by atoms with Crippen LogP contribution in [0, 0.1) is 5.92 Å². The van der Waals surface area contributed by atoms with Gasteiger partial charge in [-0.3, -0.25) is 9.59 Å². The normalized spacial score (nSPS) is 11.9. The Hall–Kier alpha value is -1.62.